The standard InChI is InChI=1S/C11H15NO2/c13-11(14)10-7-4-8-12(10)9-5-2-1-3-6-9/h2,5-6,10H,1,3-4,7-8H2,(H,13,14). The lowest BCUT2D eigenvalue weighted by Crippen LogP contribution is -2.35. The molecule has 1 aliphatic carbocycles. The van der Waals surface area contributed by atoms with Gasteiger partial charge in [-0.3, -0.25) is 0 Å². The lowest BCUT2D eigenvalue weighted by atomic mass is 10.1. The van der Waals surface area contributed by atoms with Crippen molar-refractivity contribution in [2.45, 2.75) is 31.7 Å². The average Bonchev–Trinajstić information content (AvgIpc) is 2.67. The van der Waals surface area contributed by atoms with Crippen LogP contribution < -0.4 is 0 Å². The van der Waals surface area contributed by atoms with E-state index in [1.807, 2.05) is 11.0 Å². The van der Waals surface area contributed by atoms with Crippen molar-refractivity contribution in [2.24, 2.45) is 0 Å². The zero-order valence-electron chi connectivity index (χ0n) is 8.15. The monoisotopic (exact) mass is 193 g/mol. The Hall–Kier alpha value is -1.25. The number of aliphatic carboxylic acids is 1. The molecular formula is C11H15NO2. The third kappa shape index (κ3) is 1.67. The molecule has 1 unspecified atom stereocenters. The topological polar surface area (TPSA) is 40.5 Å². The van der Waals surface area contributed by atoms with Crippen molar-refractivity contribution in [3.05, 3.63) is 23.9 Å². The van der Waals surface area contributed by atoms with Gasteiger partial charge < -0.3 is 10.0 Å². The summed E-state index contributed by atoms with van der Waals surface area (Å²) in [5.41, 5.74) is 1.10. The van der Waals surface area contributed by atoms with Gasteiger partial charge in [-0.2, -0.15) is 0 Å². The van der Waals surface area contributed by atoms with Crippen molar-refractivity contribution in [1.82, 2.24) is 4.90 Å². The molecule has 1 fully saturated rings. The molecule has 76 valence electrons. The van der Waals surface area contributed by atoms with Crippen LogP contribution in [0.5, 0.6) is 0 Å². The zero-order chi connectivity index (χ0) is 9.97. The van der Waals surface area contributed by atoms with Crippen molar-refractivity contribution in [3.63, 3.8) is 0 Å². The highest BCUT2D eigenvalue weighted by Crippen LogP contribution is 2.25. The maximum Gasteiger partial charge on any atom is 0.326 e. The van der Waals surface area contributed by atoms with Crippen LogP contribution in [0.25, 0.3) is 0 Å². The normalized spacial score (nSPS) is 26.4. The molecule has 3 nitrogen and oxygen atoms in total. The summed E-state index contributed by atoms with van der Waals surface area (Å²) in [6, 6.07) is -0.302. The van der Waals surface area contributed by atoms with E-state index in [1.54, 1.807) is 0 Å². The maximum atomic E-state index is 11.0. The van der Waals surface area contributed by atoms with Gasteiger partial charge in [-0.15, -0.1) is 0 Å². The first kappa shape index (κ1) is 9.31. The SMILES string of the molecule is O=C(O)C1CCCN1C1=CCCC=C1. The summed E-state index contributed by atoms with van der Waals surface area (Å²) in [5, 5.41) is 9.02. The fourth-order valence-corrected chi connectivity index (χ4v) is 2.15. The fraction of sp³-hybridized carbons (Fsp3) is 0.545. The molecule has 1 atom stereocenters. The summed E-state index contributed by atoms with van der Waals surface area (Å²) < 4.78 is 0. The van der Waals surface area contributed by atoms with Crippen LogP contribution in [0.4, 0.5) is 0 Å². The highest BCUT2D eigenvalue weighted by Gasteiger charge is 2.31. The number of rotatable bonds is 2. The van der Waals surface area contributed by atoms with E-state index in [0.29, 0.717) is 0 Å². The van der Waals surface area contributed by atoms with Crippen LogP contribution in [0, 0.1) is 0 Å². The van der Waals surface area contributed by atoms with Gasteiger partial charge in [-0.25, -0.2) is 4.79 Å². The number of carboxylic acid groups (broad SMARTS) is 1. The van der Waals surface area contributed by atoms with Crippen LogP contribution >= 0.6 is 0 Å². The molecule has 1 aliphatic heterocycles. The van der Waals surface area contributed by atoms with Gasteiger partial charge in [0.15, 0.2) is 0 Å². The van der Waals surface area contributed by atoms with Gasteiger partial charge in [0, 0.05) is 12.2 Å². The van der Waals surface area contributed by atoms with Crippen LogP contribution in [0.15, 0.2) is 23.9 Å². The Balaban J connectivity index is 2.13. The highest BCUT2D eigenvalue weighted by molar-refractivity contribution is 5.74. The molecule has 0 saturated carbocycles. The van der Waals surface area contributed by atoms with E-state index in [1.165, 1.54) is 0 Å². The Bertz CT molecular complexity index is 294. The average molecular weight is 193 g/mol. The van der Waals surface area contributed by atoms with E-state index in [9.17, 15) is 4.79 Å². The van der Waals surface area contributed by atoms with Crippen molar-refractivity contribution in [1.29, 1.82) is 0 Å². The molecule has 0 aromatic carbocycles. The Morgan fingerprint density at radius 1 is 1.50 bits per heavy atom. The molecular weight excluding hydrogens is 178 g/mol. The molecule has 14 heavy (non-hydrogen) atoms. The number of hydrogen-bond acceptors (Lipinski definition) is 2. The first-order chi connectivity index (χ1) is 6.79. The Labute approximate surface area is 83.7 Å². The summed E-state index contributed by atoms with van der Waals surface area (Å²) >= 11 is 0. The molecule has 0 aromatic rings. The highest BCUT2D eigenvalue weighted by atomic mass is 16.4. The van der Waals surface area contributed by atoms with E-state index in [-0.39, 0.29) is 6.04 Å². The van der Waals surface area contributed by atoms with Crippen molar-refractivity contribution < 1.29 is 9.90 Å². The minimum absolute atomic E-state index is 0.302. The molecule has 0 radical (unpaired) electrons. The largest absolute Gasteiger partial charge is 0.480 e. The fourth-order valence-electron chi connectivity index (χ4n) is 2.15. The number of carbonyl (C=O) groups is 1. The van der Waals surface area contributed by atoms with E-state index >= 15 is 0 Å². The van der Waals surface area contributed by atoms with Gasteiger partial charge in [0.2, 0.25) is 0 Å². The number of carboxylic acids is 1. The van der Waals surface area contributed by atoms with E-state index in [4.69, 9.17) is 5.11 Å². The predicted octanol–water partition coefficient (Wildman–Crippen LogP) is 1.77. The summed E-state index contributed by atoms with van der Waals surface area (Å²) in [7, 11) is 0. The Morgan fingerprint density at radius 3 is 3.00 bits per heavy atom. The first-order valence-electron chi connectivity index (χ1n) is 5.15. The van der Waals surface area contributed by atoms with Crippen molar-refractivity contribution in [3.8, 4) is 0 Å². The molecule has 1 N–H and O–H groups in total. The number of allylic oxidation sites excluding steroid dienone is 3. The Kier molecular flexibility index (Phi) is 2.57. The van der Waals surface area contributed by atoms with Crippen LogP contribution in [0.2, 0.25) is 0 Å². The molecule has 2 aliphatic rings. The quantitative estimate of drug-likeness (QED) is 0.726. The maximum absolute atomic E-state index is 11.0. The van der Waals surface area contributed by atoms with Crippen LogP contribution in [0.3, 0.4) is 0 Å². The number of hydrogen-bond donors (Lipinski definition) is 1. The minimum atomic E-state index is -0.692. The first-order valence-corrected chi connectivity index (χ1v) is 5.15. The van der Waals surface area contributed by atoms with Gasteiger partial charge in [0.05, 0.1) is 0 Å². The molecule has 1 saturated heterocycles. The molecule has 0 spiro atoms. The molecule has 0 amide bonds. The van der Waals surface area contributed by atoms with E-state index in [0.717, 1.165) is 37.9 Å². The smallest absolute Gasteiger partial charge is 0.326 e. The summed E-state index contributed by atoms with van der Waals surface area (Å²) in [6.07, 6.45) is 10.2. The van der Waals surface area contributed by atoms with Gasteiger partial charge in [0.25, 0.3) is 0 Å². The molecule has 0 aromatic heterocycles. The van der Waals surface area contributed by atoms with Gasteiger partial charge in [-0.1, -0.05) is 12.2 Å². The molecule has 3 heteroatoms. The van der Waals surface area contributed by atoms with Crippen LogP contribution in [-0.2, 0) is 4.79 Å². The van der Waals surface area contributed by atoms with Crippen LogP contribution in [-0.4, -0.2) is 28.6 Å². The second kappa shape index (κ2) is 3.86. The zero-order valence-corrected chi connectivity index (χ0v) is 8.15. The summed E-state index contributed by atoms with van der Waals surface area (Å²) in [5.74, 6) is -0.692. The predicted molar refractivity (Wildman–Crippen MR) is 53.8 cm³/mol. The molecule has 0 bridgehead atoms. The van der Waals surface area contributed by atoms with Gasteiger partial charge >= 0.3 is 5.97 Å². The third-order valence-corrected chi connectivity index (χ3v) is 2.84. The minimum Gasteiger partial charge on any atom is -0.480 e. The third-order valence-electron chi connectivity index (χ3n) is 2.84. The lowest BCUT2D eigenvalue weighted by molar-refractivity contribution is -0.141. The summed E-state index contributed by atoms with van der Waals surface area (Å²) in [4.78, 5) is 13.0. The van der Waals surface area contributed by atoms with E-state index in [2.05, 4.69) is 12.2 Å². The molecule has 1 heterocycles. The summed E-state index contributed by atoms with van der Waals surface area (Å²) in [6.45, 7) is 0.882. The van der Waals surface area contributed by atoms with Crippen molar-refractivity contribution >= 4 is 5.97 Å². The molecule has 2 rings (SSSR count). The van der Waals surface area contributed by atoms with Gasteiger partial charge in [0.1, 0.15) is 6.04 Å². The van der Waals surface area contributed by atoms with E-state index < -0.39 is 5.97 Å². The van der Waals surface area contributed by atoms with Gasteiger partial charge in [-0.05, 0) is 31.8 Å². The Morgan fingerprint density at radius 2 is 2.36 bits per heavy atom. The van der Waals surface area contributed by atoms with Crippen molar-refractivity contribution in [2.75, 3.05) is 6.54 Å². The second-order valence-electron chi connectivity index (χ2n) is 3.80. The number of likely N-dealkylation sites (tertiary alicyclic amines) is 1. The lowest BCUT2D eigenvalue weighted by Gasteiger charge is -2.25. The second-order valence-corrected chi connectivity index (χ2v) is 3.80. The number of nitrogens with zero attached hydrogens (tertiary/aromatic N) is 1. The van der Waals surface area contributed by atoms with Crippen LogP contribution in [0.1, 0.15) is 25.7 Å².